The van der Waals surface area contributed by atoms with E-state index in [2.05, 4.69) is 4.74 Å². The number of methoxy groups -OCH3 is 1. The molecule has 4 aliphatic rings. The second-order valence-electron chi connectivity index (χ2n) is 5.93. The summed E-state index contributed by atoms with van der Waals surface area (Å²) in [5.74, 6) is -1.17. The van der Waals surface area contributed by atoms with Crippen molar-refractivity contribution in [1.82, 2.24) is 4.90 Å². The molecule has 4 fully saturated rings. The van der Waals surface area contributed by atoms with Crippen LogP contribution in [0.2, 0.25) is 0 Å². The Bertz CT molecular complexity index is 471. The van der Waals surface area contributed by atoms with Crippen LogP contribution in [0.4, 0.5) is 0 Å². The summed E-state index contributed by atoms with van der Waals surface area (Å²) in [6, 6.07) is -0.827. The highest BCUT2D eigenvalue weighted by atomic mass is 16.6. The van der Waals surface area contributed by atoms with E-state index in [9.17, 15) is 14.4 Å². The molecule has 7 atom stereocenters. The molecule has 0 aromatic heterocycles. The highest BCUT2D eigenvalue weighted by Crippen LogP contribution is 2.64. The Balaban J connectivity index is 1.66. The number of ether oxygens (including phenoxy) is 2. The number of likely N-dealkylation sites (tertiary alicyclic amines) is 1. The fraction of sp³-hybridized carbons (Fsp3) is 0.769. The maximum Gasteiger partial charge on any atom is 0.328 e. The molecule has 0 aromatic carbocycles. The van der Waals surface area contributed by atoms with E-state index in [1.807, 2.05) is 0 Å². The van der Waals surface area contributed by atoms with Crippen LogP contribution >= 0.6 is 0 Å². The summed E-state index contributed by atoms with van der Waals surface area (Å²) in [6.45, 7) is 1.54. The molecule has 0 spiro atoms. The predicted molar refractivity (Wildman–Crippen MR) is 60.6 cm³/mol. The highest BCUT2D eigenvalue weighted by Gasteiger charge is 2.74. The minimum absolute atomic E-state index is 0.172. The summed E-state index contributed by atoms with van der Waals surface area (Å²) >= 11 is 0. The Morgan fingerprint density at radius 3 is 2.26 bits per heavy atom. The molecule has 19 heavy (non-hydrogen) atoms. The third kappa shape index (κ3) is 1.18. The van der Waals surface area contributed by atoms with E-state index in [0.29, 0.717) is 0 Å². The molecule has 102 valence electrons. The molecule has 2 heterocycles. The third-order valence-corrected chi connectivity index (χ3v) is 5.23. The molecule has 2 aliphatic carbocycles. The summed E-state index contributed by atoms with van der Waals surface area (Å²) < 4.78 is 10.2. The number of amides is 2. The number of imide groups is 1. The fourth-order valence-corrected chi connectivity index (χ4v) is 4.40. The lowest BCUT2D eigenvalue weighted by atomic mass is 9.81. The van der Waals surface area contributed by atoms with Crippen LogP contribution in [-0.4, -0.2) is 48.0 Å². The Labute approximate surface area is 110 Å². The minimum atomic E-state index is -0.827. The van der Waals surface area contributed by atoms with Crippen LogP contribution in [0.5, 0.6) is 0 Å². The van der Waals surface area contributed by atoms with E-state index in [0.717, 1.165) is 11.3 Å². The van der Waals surface area contributed by atoms with Gasteiger partial charge in [0.2, 0.25) is 11.8 Å². The van der Waals surface area contributed by atoms with Crippen molar-refractivity contribution in [3.05, 3.63) is 0 Å². The van der Waals surface area contributed by atoms with Crippen LogP contribution < -0.4 is 0 Å². The van der Waals surface area contributed by atoms with Crippen LogP contribution in [0.1, 0.15) is 13.3 Å². The number of esters is 1. The zero-order valence-corrected chi connectivity index (χ0v) is 10.7. The summed E-state index contributed by atoms with van der Waals surface area (Å²) in [6.07, 6.45) is 1.27. The molecule has 4 rings (SSSR count). The maximum atomic E-state index is 12.5. The van der Waals surface area contributed by atoms with Crippen molar-refractivity contribution in [3.8, 4) is 0 Å². The first-order chi connectivity index (χ1) is 9.06. The van der Waals surface area contributed by atoms with Gasteiger partial charge in [-0.15, -0.1) is 0 Å². The van der Waals surface area contributed by atoms with Crippen LogP contribution in [0.15, 0.2) is 0 Å². The van der Waals surface area contributed by atoms with Crippen LogP contribution in [0.3, 0.4) is 0 Å². The van der Waals surface area contributed by atoms with Gasteiger partial charge in [-0.05, 0) is 13.3 Å². The molecule has 0 aromatic rings. The van der Waals surface area contributed by atoms with Gasteiger partial charge in [-0.2, -0.15) is 0 Å². The van der Waals surface area contributed by atoms with E-state index in [1.165, 1.54) is 7.11 Å². The average Bonchev–Trinajstić information content (AvgIpc) is 2.92. The topological polar surface area (TPSA) is 76.2 Å². The normalized spacial score (nSPS) is 47.2. The van der Waals surface area contributed by atoms with Crippen LogP contribution in [-0.2, 0) is 23.9 Å². The molecule has 6 nitrogen and oxygen atoms in total. The van der Waals surface area contributed by atoms with Crippen LogP contribution in [0.25, 0.3) is 0 Å². The fourth-order valence-electron chi connectivity index (χ4n) is 4.40. The summed E-state index contributed by atoms with van der Waals surface area (Å²) in [7, 11) is 1.26. The quantitative estimate of drug-likeness (QED) is 0.384. The molecule has 0 radical (unpaired) electrons. The lowest BCUT2D eigenvalue weighted by Gasteiger charge is -2.22. The number of hydrogen-bond donors (Lipinski definition) is 0. The molecule has 6 heteroatoms. The van der Waals surface area contributed by atoms with Crippen LogP contribution in [0, 0.1) is 23.7 Å². The van der Waals surface area contributed by atoms with E-state index < -0.39 is 12.0 Å². The summed E-state index contributed by atoms with van der Waals surface area (Å²) in [5.41, 5.74) is 0. The molecule has 2 saturated carbocycles. The molecule has 2 bridgehead atoms. The van der Waals surface area contributed by atoms with E-state index in [1.54, 1.807) is 6.92 Å². The number of nitrogens with zero attached hydrogens (tertiary/aromatic N) is 1. The van der Waals surface area contributed by atoms with E-state index in [-0.39, 0.29) is 47.7 Å². The van der Waals surface area contributed by atoms with Crippen molar-refractivity contribution >= 4 is 17.8 Å². The largest absolute Gasteiger partial charge is 0.467 e. The standard InChI is InChI=1S/C13H15NO5/c1-4(13(17)18-2)14-11(15)7-5-3-6(8(7)12(14)16)10-9(5)19-10/h4-10H,3H2,1-2H3. The predicted octanol–water partition coefficient (Wildman–Crippen LogP) is -0.434. The van der Waals surface area contributed by atoms with Gasteiger partial charge >= 0.3 is 5.97 Å². The van der Waals surface area contributed by atoms with Gasteiger partial charge < -0.3 is 9.47 Å². The lowest BCUT2D eigenvalue weighted by Crippen LogP contribution is -2.45. The van der Waals surface area contributed by atoms with Crippen molar-refractivity contribution in [2.45, 2.75) is 31.6 Å². The SMILES string of the molecule is COC(=O)C(C)N1C(=O)C2C3CC(C4OC34)C2C1=O. The van der Waals surface area contributed by atoms with Crippen molar-refractivity contribution in [3.63, 3.8) is 0 Å². The monoisotopic (exact) mass is 265 g/mol. The first-order valence-electron chi connectivity index (χ1n) is 6.66. The highest BCUT2D eigenvalue weighted by molar-refractivity contribution is 6.08. The Hall–Kier alpha value is -1.43. The van der Waals surface area contributed by atoms with E-state index >= 15 is 0 Å². The first kappa shape index (κ1) is 11.4. The summed E-state index contributed by atoms with van der Waals surface area (Å²) in [4.78, 5) is 37.6. The molecular weight excluding hydrogens is 250 g/mol. The Kier molecular flexibility index (Phi) is 2.02. The number of epoxide rings is 1. The zero-order chi connectivity index (χ0) is 13.5. The van der Waals surface area contributed by atoms with Gasteiger partial charge in [0.05, 0.1) is 31.2 Å². The van der Waals surface area contributed by atoms with Gasteiger partial charge in [-0.25, -0.2) is 4.79 Å². The summed E-state index contributed by atoms with van der Waals surface area (Å²) in [5, 5.41) is 0. The van der Waals surface area contributed by atoms with Gasteiger partial charge in [-0.1, -0.05) is 0 Å². The molecule has 2 amide bonds. The number of rotatable bonds is 2. The van der Waals surface area contributed by atoms with Gasteiger partial charge in [0.1, 0.15) is 6.04 Å². The average molecular weight is 265 g/mol. The number of carbonyl (C=O) groups excluding carboxylic acids is 3. The van der Waals surface area contributed by atoms with Gasteiger partial charge in [0.25, 0.3) is 0 Å². The second kappa shape index (κ2) is 3.36. The third-order valence-electron chi connectivity index (χ3n) is 5.23. The number of carbonyl (C=O) groups is 3. The van der Waals surface area contributed by atoms with Crippen molar-refractivity contribution in [2.75, 3.05) is 7.11 Å². The molecular formula is C13H15NO5. The Morgan fingerprint density at radius 2 is 1.79 bits per heavy atom. The molecule has 2 aliphatic heterocycles. The van der Waals surface area contributed by atoms with Crippen molar-refractivity contribution < 1.29 is 23.9 Å². The first-order valence-corrected chi connectivity index (χ1v) is 6.66. The van der Waals surface area contributed by atoms with Crippen molar-refractivity contribution in [2.24, 2.45) is 23.7 Å². The zero-order valence-electron chi connectivity index (χ0n) is 10.7. The lowest BCUT2D eigenvalue weighted by molar-refractivity contribution is -0.156. The number of hydrogen-bond acceptors (Lipinski definition) is 5. The number of fused-ring (bicyclic) bond motifs is 8. The van der Waals surface area contributed by atoms with Gasteiger partial charge in [-0.3, -0.25) is 14.5 Å². The van der Waals surface area contributed by atoms with E-state index in [4.69, 9.17) is 4.74 Å². The second-order valence-corrected chi connectivity index (χ2v) is 5.93. The van der Waals surface area contributed by atoms with Crippen molar-refractivity contribution in [1.29, 1.82) is 0 Å². The maximum absolute atomic E-state index is 12.5. The molecule has 2 saturated heterocycles. The molecule has 7 unspecified atom stereocenters. The molecule has 0 N–H and O–H groups in total. The smallest absolute Gasteiger partial charge is 0.328 e. The van der Waals surface area contributed by atoms with Gasteiger partial charge in [0, 0.05) is 11.8 Å². The Morgan fingerprint density at radius 1 is 1.26 bits per heavy atom. The minimum Gasteiger partial charge on any atom is -0.467 e. The van der Waals surface area contributed by atoms with Gasteiger partial charge in [0.15, 0.2) is 0 Å².